The molecule has 7 heteroatoms. The summed E-state index contributed by atoms with van der Waals surface area (Å²) in [5, 5.41) is 6.51. The molecule has 2 N–H and O–H groups in total. The number of aryl methyl sites for hydroxylation is 1. The van der Waals surface area contributed by atoms with Crippen LogP contribution in [0.3, 0.4) is 0 Å². The number of fused-ring (bicyclic) bond motifs is 1. The van der Waals surface area contributed by atoms with Crippen molar-refractivity contribution in [2.45, 2.75) is 6.92 Å². The third-order valence-electron chi connectivity index (χ3n) is 3.80. The molecule has 26 heavy (non-hydrogen) atoms. The van der Waals surface area contributed by atoms with Gasteiger partial charge in [0.25, 0.3) is 0 Å². The standard InChI is InChI=1S/C19H18BrN3O3/c1-11-8-15(14-6-5-13(25-2)10-16(14)21-11)22-19(24)23-17-9-12(20)4-7-18(17)26-3/h4-10H,1-3H3,(H2,21,22,23,24). The maximum Gasteiger partial charge on any atom is 0.323 e. The number of carbonyl (C=O) groups is 1. The van der Waals surface area contributed by atoms with Gasteiger partial charge in [0.05, 0.1) is 31.1 Å². The van der Waals surface area contributed by atoms with Crippen molar-refractivity contribution >= 4 is 44.2 Å². The SMILES string of the molecule is COc1ccc2c(NC(=O)Nc3cc(Br)ccc3OC)cc(C)nc2c1. The zero-order chi connectivity index (χ0) is 18.7. The maximum atomic E-state index is 12.5. The molecule has 2 aromatic carbocycles. The van der Waals surface area contributed by atoms with E-state index in [1.165, 1.54) is 0 Å². The zero-order valence-electron chi connectivity index (χ0n) is 14.6. The highest BCUT2D eigenvalue weighted by molar-refractivity contribution is 9.10. The fraction of sp³-hybridized carbons (Fsp3) is 0.158. The highest BCUT2D eigenvalue weighted by atomic mass is 79.9. The Hall–Kier alpha value is -2.80. The van der Waals surface area contributed by atoms with Crippen LogP contribution in [0.5, 0.6) is 11.5 Å². The first-order valence-corrected chi connectivity index (χ1v) is 8.66. The van der Waals surface area contributed by atoms with Crippen molar-refractivity contribution in [2.75, 3.05) is 24.9 Å². The number of nitrogens with one attached hydrogen (secondary N) is 2. The molecule has 0 aliphatic rings. The molecule has 0 bridgehead atoms. The molecule has 0 aliphatic carbocycles. The number of ether oxygens (including phenoxy) is 2. The number of rotatable bonds is 4. The van der Waals surface area contributed by atoms with E-state index < -0.39 is 0 Å². The van der Waals surface area contributed by atoms with Gasteiger partial charge in [0.15, 0.2) is 0 Å². The van der Waals surface area contributed by atoms with E-state index in [1.807, 2.05) is 37.3 Å². The zero-order valence-corrected chi connectivity index (χ0v) is 16.2. The van der Waals surface area contributed by atoms with E-state index in [1.54, 1.807) is 26.4 Å². The number of hydrogen-bond donors (Lipinski definition) is 2. The number of urea groups is 1. The minimum Gasteiger partial charge on any atom is -0.497 e. The van der Waals surface area contributed by atoms with Crippen molar-refractivity contribution in [3.05, 3.63) is 52.6 Å². The molecule has 0 fully saturated rings. The number of benzene rings is 2. The monoisotopic (exact) mass is 415 g/mol. The Morgan fingerprint density at radius 3 is 2.50 bits per heavy atom. The topological polar surface area (TPSA) is 72.5 Å². The first-order valence-electron chi connectivity index (χ1n) is 7.87. The Morgan fingerprint density at radius 1 is 1.00 bits per heavy atom. The van der Waals surface area contributed by atoms with Crippen LogP contribution in [-0.2, 0) is 0 Å². The molecule has 1 aromatic heterocycles. The molecule has 0 saturated heterocycles. The molecule has 3 aromatic rings. The summed E-state index contributed by atoms with van der Waals surface area (Å²) in [5.41, 5.74) is 2.78. The molecule has 0 spiro atoms. The van der Waals surface area contributed by atoms with Gasteiger partial charge >= 0.3 is 6.03 Å². The van der Waals surface area contributed by atoms with E-state index >= 15 is 0 Å². The van der Waals surface area contributed by atoms with Crippen LogP contribution in [-0.4, -0.2) is 25.2 Å². The highest BCUT2D eigenvalue weighted by Crippen LogP contribution is 2.29. The van der Waals surface area contributed by atoms with Gasteiger partial charge in [-0.2, -0.15) is 0 Å². The minimum atomic E-state index is -0.371. The van der Waals surface area contributed by atoms with Gasteiger partial charge in [0.1, 0.15) is 11.5 Å². The van der Waals surface area contributed by atoms with Crippen molar-refractivity contribution in [1.82, 2.24) is 4.98 Å². The van der Waals surface area contributed by atoms with Crippen LogP contribution in [0, 0.1) is 6.92 Å². The molecule has 3 rings (SSSR count). The first-order chi connectivity index (χ1) is 12.5. The lowest BCUT2D eigenvalue weighted by molar-refractivity contribution is 0.262. The van der Waals surface area contributed by atoms with Crippen molar-refractivity contribution < 1.29 is 14.3 Å². The molecule has 0 atom stereocenters. The highest BCUT2D eigenvalue weighted by Gasteiger charge is 2.11. The Balaban J connectivity index is 1.89. The van der Waals surface area contributed by atoms with Crippen molar-refractivity contribution in [1.29, 1.82) is 0 Å². The summed E-state index contributed by atoms with van der Waals surface area (Å²) in [6, 6.07) is 12.4. The summed E-state index contributed by atoms with van der Waals surface area (Å²) >= 11 is 3.39. The average Bonchev–Trinajstić information content (AvgIpc) is 2.61. The Bertz CT molecular complexity index is 976. The summed E-state index contributed by atoms with van der Waals surface area (Å²) in [6.45, 7) is 1.87. The van der Waals surface area contributed by atoms with Crippen molar-refractivity contribution in [3.63, 3.8) is 0 Å². The number of methoxy groups -OCH3 is 2. The average molecular weight is 416 g/mol. The van der Waals surface area contributed by atoms with Gasteiger partial charge in [0, 0.05) is 21.6 Å². The van der Waals surface area contributed by atoms with Gasteiger partial charge in [-0.15, -0.1) is 0 Å². The summed E-state index contributed by atoms with van der Waals surface area (Å²) in [4.78, 5) is 17.0. The number of nitrogens with zero attached hydrogens (tertiary/aromatic N) is 1. The lowest BCUT2D eigenvalue weighted by atomic mass is 10.1. The van der Waals surface area contributed by atoms with E-state index in [0.29, 0.717) is 22.9 Å². The number of amides is 2. The maximum absolute atomic E-state index is 12.5. The van der Waals surface area contributed by atoms with Crippen LogP contribution in [0.15, 0.2) is 46.9 Å². The van der Waals surface area contributed by atoms with Crippen molar-refractivity contribution in [2.24, 2.45) is 0 Å². The van der Waals surface area contributed by atoms with Gasteiger partial charge < -0.3 is 20.1 Å². The predicted molar refractivity (Wildman–Crippen MR) is 106 cm³/mol. The molecule has 1 heterocycles. The Labute approximate surface area is 159 Å². The van der Waals surface area contributed by atoms with Crippen LogP contribution in [0.4, 0.5) is 16.2 Å². The lowest BCUT2D eigenvalue weighted by Gasteiger charge is -2.13. The molecule has 0 aliphatic heterocycles. The van der Waals surface area contributed by atoms with Gasteiger partial charge in [-0.25, -0.2) is 4.79 Å². The third-order valence-corrected chi connectivity index (χ3v) is 4.30. The van der Waals surface area contributed by atoms with Crippen LogP contribution >= 0.6 is 15.9 Å². The normalized spacial score (nSPS) is 10.5. The Morgan fingerprint density at radius 2 is 1.77 bits per heavy atom. The van der Waals surface area contributed by atoms with Crippen LogP contribution in [0.1, 0.15) is 5.69 Å². The second-order valence-corrected chi connectivity index (χ2v) is 6.53. The number of hydrogen-bond acceptors (Lipinski definition) is 4. The fourth-order valence-electron chi connectivity index (χ4n) is 2.62. The number of halogens is 1. The largest absolute Gasteiger partial charge is 0.497 e. The second-order valence-electron chi connectivity index (χ2n) is 5.62. The summed E-state index contributed by atoms with van der Waals surface area (Å²) in [5.74, 6) is 1.29. The minimum absolute atomic E-state index is 0.371. The van der Waals surface area contributed by atoms with Crippen LogP contribution in [0.2, 0.25) is 0 Å². The van der Waals surface area contributed by atoms with Gasteiger partial charge in [-0.05, 0) is 43.3 Å². The number of aromatic nitrogens is 1. The molecule has 0 unspecified atom stereocenters. The van der Waals surface area contributed by atoms with E-state index in [0.717, 1.165) is 21.1 Å². The van der Waals surface area contributed by atoms with E-state index in [-0.39, 0.29) is 6.03 Å². The fourth-order valence-corrected chi connectivity index (χ4v) is 2.99. The molecule has 134 valence electrons. The molecular formula is C19H18BrN3O3. The molecule has 0 radical (unpaired) electrons. The Kier molecular flexibility index (Phi) is 5.27. The smallest absolute Gasteiger partial charge is 0.323 e. The summed E-state index contributed by atoms with van der Waals surface area (Å²) in [7, 11) is 3.16. The summed E-state index contributed by atoms with van der Waals surface area (Å²) < 4.78 is 11.4. The number of anilines is 2. The molecule has 2 amide bonds. The molecular weight excluding hydrogens is 398 g/mol. The molecule has 0 saturated carbocycles. The van der Waals surface area contributed by atoms with E-state index in [2.05, 4.69) is 31.5 Å². The lowest BCUT2D eigenvalue weighted by Crippen LogP contribution is -2.20. The third kappa shape index (κ3) is 3.88. The second kappa shape index (κ2) is 7.61. The van der Waals surface area contributed by atoms with E-state index in [4.69, 9.17) is 9.47 Å². The predicted octanol–water partition coefficient (Wildman–Crippen LogP) is 4.97. The van der Waals surface area contributed by atoms with Crippen LogP contribution < -0.4 is 20.1 Å². The first kappa shape index (κ1) is 18.0. The quantitative estimate of drug-likeness (QED) is 0.630. The number of pyridine rings is 1. The van der Waals surface area contributed by atoms with Gasteiger partial charge in [0.2, 0.25) is 0 Å². The molecule has 6 nitrogen and oxygen atoms in total. The van der Waals surface area contributed by atoms with Gasteiger partial charge in [-0.1, -0.05) is 15.9 Å². The van der Waals surface area contributed by atoms with E-state index in [9.17, 15) is 4.79 Å². The number of carbonyl (C=O) groups excluding carboxylic acids is 1. The summed E-state index contributed by atoms with van der Waals surface area (Å²) in [6.07, 6.45) is 0. The van der Waals surface area contributed by atoms with Gasteiger partial charge in [-0.3, -0.25) is 4.98 Å². The van der Waals surface area contributed by atoms with Crippen LogP contribution in [0.25, 0.3) is 10.9 Å². The van der Waals surface area contributed by atoms with Crippen molar-refractivity contribution in [3.8, 4) is 11.5 Å².